The van der Waals surface area contributed by atoms with Crippen molar-refractivity contribution in [1.82, 2.24) is 0 Å². The van der Waals surface area contributed by atoms with Gasteiger partial charge in [0.1, 0.15) is 24.3 Å². The van der Waals surface area contributed by atoms with E-state index in [1.807, 2.05) is 6.07 Å². The highest BCUT2D eigenvalue weighted by atomic mass is 19.3. The summed E-state index contributed by atoms with van der Waals surface area (Å²) in [6, 6.07) is 12.2. The Balaban J connectivity index is 1.56. The van der Waals surface area contributed by atoms with E-state index >= 15 is 0 Å². The van der Waals surface area contributed by atoms with Gasteiger partial charge in [0.2, 0.25) is 0 Å². The number of alkyl halides is 2. The number of amidine groups is 1. The molecule has 29 heavy (non-hydrogen) atoms. The van der Waals surface area contributed by atoms with Gasteiger partial charge in [-0.3, -0.25) is 4.79 Å². The summed E-state index contributed by atoms with van der Waals surface area (Å²) in [6.45, 7) is -0.180. The van der Waals surface area contributed by atoms with Crippen LogP contribution in [0.15, 0.2) is 53.5 Å². The molecule has 2 aliphatic rings. The van der Waals surface area contributed by atoms with Gasteiger partial charge in [0.05, 0.1) is 0 Å². The van der Waals surface area contributed by atoms with E-state index < -0.39 is 29.8 Å². The van der Waals surface area contributed by atoms with Gasteiger partial charge in [-0.1, -0.05) is 24.3 Å². The van der Waals surface area contributed by atoms with E-state index in [0.717, 1.165) is 6.07 Å². The Morgan fingerprint density at radius 1 is 1.28 bits per heavy atom. The number of carbonyl (C=O) groups is 1. The standard InChI is InChI=1S/C21H19F3N2O3/c22-17-7-6-12(8-13(27)11-28-14-4-2-1-3-5-14)9-15(17)21(19(23)24)16-10-18(16)29-20(25)26-21/h1-7,9,16,18-19H,8,10-11H2,(H2,25,26)/t16-,18+,21+/m0/s1. The first-order valence-corrected chi connectivity index (χ1v) is 9.18. The van der Waals surface area contributed by atoms with Gasteiger partial charge in [0.25, 0.3) is 12.4 Å². The van der Waals surface area contributed by atoms with Crippen LogP contribution in [-0.4, -0.2) is 30.9 Å². The Labute approximate surface area is 165 Å². The Hall–Kier alpha value is -3.03. The summed E-state index contributed by atoms with van der Waals surface area (Å²) in [7, 11) is 0. The maximum Gasteiger partial charge on any atom is 0.283 e. The summed E-state index contributed by atoms with van der Waals surface area (Å²) in [5.74, 6) is -1.19. The average Bonchev–Trinajstić information content (AvgIpc) is 3.47. The summed E-state index contributed by atoms with van der Waals surface area (Å²) in [6.07, 6.45) is -3.22. The SMILES string of the molecule is NC1=N[C@@](c2cc(CC(=O)COc3ccccc3)ccc2F)(C(F)F)[C@H]2C[C@H]2O1. The van der Waals surface area contributed by atoms with E-state index in [-0.39, 0.29) is 30.4 Å². The topological polar surface area (TPSA) is 73.9 Å². The van der Waals surface area contributed by atoms with Gasteiger partial charge < -0.3 is 15.2 Å². The largest absolute Gasteiger partial charge is 0.486 e. The smallest absolute Gasteiger partial charge is 0.283 e. The van der Waals surface area contributed by atoms with Crippen LogP contribution >= 0.6 is 0 Å². The maximum absolute atomic E-state index is 14.6. The molecule has 4 rings (SSSR count). The molecule has 1 aliphatic carbocycles. The van der Waals surface area contributed by atoms with Crippen molar-refractivity contribution in [1.29, 1.82) is 0 Å². The van der Waals surface area contributed by atoms with Crippen LogP contribution in [0.5, 0.6) is 5.75 Å². The molecular weight excluding hydrogens is 385 g/mol. The number of halogens is 3. The number of ether oxygens (including phenoxy) is 2. The van der Waals surface area contributed by atoms with Crippen LogP contribution in [0, 0.1) is 11.7 Å². The van der Waals surface area contributed by atoms with E-state index in [2.05, 4.69) is 4.99 Å². The molecule has 152 valence electrons. The average molecular weight is 404 g/mol. The van der Waals surface area contributed by atoms with Gasteiger partial charge in [-0.25, -0.2) is 18.2 Å². The molecule has 0 aromatic heterocycles. The number of carbonyl (C=O) groups excluding carboxylic acids is 1. The minimum atomic E-state index is -2.97. The zero-order chi connectivity index (χ0) is 20.6. The first-order valence-electron chi connectivity index (χ1n) is 9.18. The Kier molecular flexibility index (Phi) is 4.94. The van der Waals surface area contributed by atoms with Gasteiger partial charge in [-0.05, 0) is 36.2 Å². The second kappa shape index (κ2) is 7.42. The summed E-state index contributed by atoms with van der Waals surface area (Å²) in [5, 5.41) is 0. The number of nitrogens with two attached hydrogens (primary N) is 1. The number of benzene rings is 2. The van der Waals surface area contributed by atoms with Gasteiger partial charge in [-0.2, -0.15) is 0 Å². The number of Topliss-reactive ketones (excluding diaryl/α,β-unsaturated/α-hetero) is 1. The predicted octanol–water partition coefficient (Wildman–Crippen LogP) is 3.21. The number of aliphatic imine (C=N–C) groups is 1. The lowest BCUT2D eigenvalue weighted by atomic mass is 9.83. The van der Waals surface area contributed by atoms with Crippen LogP contribution in [0.4, 0.5) is 13.2 Å². The van der Waals surface area contributed by atoms with Crippen molar-refractivity contribution in [2.24, 2.45) is 16.6 Å². The molecule has 3 atom stereocenters. The summed E-state index contributed by atoms with van der Waals surface area (Å²) in [5.41, 5.74) is 3.61. The minimum absolute atomic E-state index is 0.0801. The maximum atomic E-state index is 14.6. The zero-order valence-corrected chi connectivity index (χ0v) is 15.4. The van der Waals surface area contributed by atoms with Crippen molar-refractivity contribution in [3.05, 3.63) is 65.5 Å². The number of fused-ring (bicyclic) bond motifs is 1. The quantitative estimate of drug-likeness (QED) is 0.769. The third kappa shape index (κ3) is 3.66. The number of hydrogen-bond donors (Lipinski definition) is 1. The van der Waals surface area contributed by atoms with Gasteiger partial charge >= 0.3 is 0 Å². The molecule has 2 aromatic carbocycles. The van der Waals surface area contributed by atoms with Crippen molar-refractivity contribution in [3.8, 4) is 5.75 Å². The molecule has 1 saturated carbocycles. The van der Waals surface area contributed by atoms with Crippen LogP contribution in [0.3, 0.4) is 0 Å². The summed E-state index contributed by atoms with van der Waals surface area (Å²) >= 11 is 0. The van der Waals surface area contributed by atoms with Crippen molar-refractivity contribution in [2.45, 2.75) is 30.9 Å². The van der Waals surface area contributed by atoms with Crippen LogP contribution in [-0.2, 0) is 21.5 Å². The summed E-state index contributed by atoms with van der Waals surface area (Å²) in [4.78, 5) is 16.1. The fraction of sp³-hybridized carbons (Fsp3) is 0.333. The normalized spacial score (nSPS) is 25.0. The zero-order valence-electron chi connectivity index (χ0n) is 15.4. The highest BCUT2D eigenvalue weighted by Gasteiger charge is 2.64. The van der Waals surface area contributed by atoms with Gasteiger partial charge in [-0.15, -0.1) is 0 Å². The second-order valence-electron chi connectivity index (χ2n) is 7.21. The molecule has 1 heterocycles. The van der Waals surface area contributed by atoms with E-state index in [4.69, 9.17) is 15.2 Å². The third-order valence-corrected chi connectivity index (χ3v) is 5.20. The Bertz CT molecular complexity index is 951. The molecule has 0 saturated heterocycles. The molecule has 0 radical (unpaired) electrons. The van der Waals surface area contributed by atoms with Gasteiger partial charge in [0.15, 0.2) is 11.3 Å². The van der Waals surface area contributed by atoms with Crippen LogP contribution in [0.1, 0.15) is 17.5 Å². The lowest BCUT2D eigenvalue weighted by Crippen LogP contribution is -2.43. The number of hydrogen-bond acceptors (Lipinski definition) is 5. The van der Waals surface area contributed by atoms with E-state index in [1.54, 1.807) is 24.3 Å². The molecular formula is C21H19F3N2O3. The number of rotatable bonds is 7. The third-order valence-electron chi connectivity index (χ3n) is 5.20. The first kappa shape index (κ1) is 19.3. The lowest BCUT2D eigenvalue weighted by molar-refractivity contribution is -0.120. The molecule has 0 unspecified atom stereocenters. The molecule has 2 aromatic rings. The highest BCUT2D eigenvalue weighted by Crippen LogP contribution is 2.56. The number of ketones is 1. The fourth-order valence-electron chi connectivity index (χ4n) is 3.75. The molecule has 0 bridgehead atoms. The highest BCUT2D eigenvalue weighted by molar-refractivity contribution is 5.82. The van der Waals surface area contributed by atoms with E-state index in [9.17, 15) is 18.0 Å². The van der Waals surface area contributed by atoms with Crippen molar-refractivity contribution in [3.63, 3.8) is 0 Å². The van der Waals surface area contributed by atoms with E-state index in [0.29, 0.717) is 17.7 Å². The first-order chi connectivity index (χ1) is 13.9. The molecule has 1 aliphatic heterocycles. The predicted molar refractivity (Wildman–Crippen MR) is 99.3 cm³/mol. The van der Waals surface area contributed by atoms with Crippen LogP contribution in [0.25, 0.3) is 0 Å². The number of nitrogens with zero attached hydrogens (tertiary/aromatic N) is 1. The van der Waals surface area contributed by atoms with E-state index in [1.165, 1.54) is 12.1 Å². The van der Waals surface area contributed by atoms with Gasteiger partial charge in [0, 0.05) is 17.9 Å². The summed E-state index contributed by atoms with van der Waals surface area (Å²) < 4.78 is 53.4. The van der Waals surface area contributed by atoms with Crippen molar-refractivity contribution >= 4 is 11.8 Å². The minimum Gasteiger partial charge on any atom is -0.486 e. The monoisotopic (exact) mass is 404 g/mol. The molecule has 5 nitrogen and oxygen atoms in total. The Morgan fingerprint density at radius 2 is 2.03 bits per heavy atom. The molecule has 0 spiro atoms. The van der Waals surface area contributed by atoms with Crippen LogP contribution in [0.2, 0.25) is 0 Å². The fourth-order valence-corrected chi connectivity index (χ4v) is 3.75. The molecule has 0 amide bonds. The lowest BCUT2D eigenvalue weighted by Gasteiger charge is -2.33. The van der Waals surface area contributed by atoms with Crippen molar-refractivity contribution < 1.29 is 27.4 Å². The van der Waals surface area contributed by atoms with Crippen molar-refractivity contribution in [2.75, 3.05) is 6.61 Å². The number of para-hydroxylation sites is 1. The molecule has 2 N–H and O–H groups in total. The molecule has 8 heteroatoms. The second-order valence-corrected chi connectivity index (χ2v) is 7.21. The Morgan fingerprint density at radius 3 is 2.76 bits per heavy atom. The van der Waals surface area contributed by atoms with Crippen LogP contribution < -0.4 is 10.5 Å². The molecule has 1 fully saturated rings.